The number of hydrogen-bond acceptors (Lipinski definition) is 3. The average molecular weight is 300 g/mol. The van der Waals surface area contributed by atoms with Gasteiger partial charge in [0.05, 0.1) is 6.04 Å². The molecule has 0 spiro atoms. The number of amides is 1. The quantitative estimate of drug-likeness (QED) is 0.780. The van der Waals surface area contributed by atoms with Gasteiger partial charge in [0.25, 0.3) is 0 Å². The third kappa shape index (κ3) is 6.78. The van der Waals surface area contributed by atoms with Crippen LogP contribution in [0.5, 0.6) is 0 Å². The van der Waals surface area contributed by atoms with E-state index in [1.165, 1.54) is 0 Å². The van der Waals surface area contributed by atoms with E-state index in [0.29, 0.717) is 0 Å². The van der Waals surface area contributed by atoms with Crippen molar-refractivity contribution in [1.29, 1.82) is 0 Å². The number of carbonyl (C=O) groups is 1. The Labute approximate surface area is 123 Å². The SMILES string of the molecule is CCN(CC)CC(C)NC(=O)[C@@H]1CCCN1.Cl.Cl. The predicted octanol–water partition coefficient (Wildman–Crippen LogP) is 1.43. The van der Waals surface area contributed by atoms with E-state index in [4.69, 9.17) is 0 Å². The first-order chi connectivity index (χ1) is 7.67. The van der Waals surface area contributed by atoms with Crippen LogP contribution in [0.4, 0.5) is 0 Å². The molecule has 1 amide bonds. The Bertz CT molecular complexity index is 219. The van der Waals surface area contributed by atoms with E-state index in [1.807, 2.05) is 0 Å². The van der Waals surface area contributed by atoms with Gasteiger partial charge in [0.2, 0.25) is 5.91 Å². The molecule has 1 heterocycles. The number of halogens is 2. The summed E-state index contributed by atoms with van der Waals surface area (Å²) in [4.78, 5) is 14.1. The number of nitrogens with zero attached hydrogens (tertiary/aromatic N) is 1. The zero-order valence-corrected chi connectivity index (χ0v) is 13.2. The summed E-state index contributed by atoms with van der Waals surface area (Å²) in [6.45, 7) is 10.4. The van der Waals surface area contributed by atoms with E-state index in [-0.39, 0.29) is 42.8 Å². The summed E-state index contributed by atoms with van der Waals surface area (Å²) >= 11 is 0. The van der Waals surface area contributed by atoms with Crippen LogP contribution in [0.3, 0.4) is 0 Å². The molecule has 1 aliphatic rings. The van der Waals surface area contributed by atoms with Gasteiger partial charge >= 0.3 is 0 Å². The molecule has 0 radical (unpaired) electrons. The van der Waals surface area contributed by atoms with Gasteiger partial charge in [-0.2, -0.15) is 0 Å². The minimum atomic E-state index is 0. The van der Waals surface area contributed by atoms with Crippen LogP contribution in [-0.2, 0) is 4.79 Å². The van der Waals surface area contributed by atoms with Crippen molar-refractivity contribution in [1.82, 2.24) is 15.5 Å². The van der Waals surface area contributed by atoms with Crippen molar-refractivity contribution in [3.05, 3.63) is 0 Å². The van der Waals surface area contributed by atoms with E-state index in [2.05, 4.69) is 36.3 Å². The number of rotatable bonds is 6. The Hall–Kier alpha value is -0.0300. The lowest BCUT2D eigenvalue weighted by molar-refractivity contribution is -0.123. The molecule has 0 saturated carbocycles. The molecule has 2 N–H and O–H groups in total. The van der Waals surface area contributed by atoms with Gasteiger partial charge in [0.1, 0.15) is 0 Å². The largest absolute Gasteiger partial charge is 0.351 e. The number of likely N-dealkylation sites (N-methyl/N-ethyl adjacent to an activating group) is 1. The van der Waals surface area contributed by atoms with Gasteiger partial charge in [-0.15, -0.1) is 24.8 Å². The standard InChI is InChI=1S/C12H25N3O.2ClH/c1-4-15(5-2)9-10(3)14-12(16)11-7-6-8-13-11;;/h10-11,13H,4-9H2,1-3H3,(H,14,16);2*1H/t10?,11-;;/m0../s1. The second-order valence-corrected chi connectivity index (χ2v) is 4.54. The Morgan fingerprint density at radius 1 is 1.39 bits per heavy atom. The van der Waals surface area contributed by atoms with Gasteiger partial charge in [-0.25, -0.2) is 0 Å². The Balaban J connectivity index is 0. The summed E-state index contributed by atoms with van der Waals surface area (Å²) in [7, 11) is 0. The van der Waals surface area contributed by atoms with Crippen LogP contribution in [0, 0.1) is 0 Å². The van der Waals surface area contributed by atoms with Crippen molar-refractivity contribution in [3.63, 3.8) is 0 Å². The highest BCUT2D eigenvalue weighted by Gasteiger charge is 2.23. The molecule has 1 saturated heterocycles. The lowest BCUT2D eigenvalue weighted by atomic mass is 10.2. The van der Waals surface area contributed by atoms with Crippen molar-refractivity contribution in [2.45, 2.75) is 45.7 Å². The lowest BCUT2D eigenvalue weighted by Gasteiger charge is -2.24. The summed E-state index contributed by atoms with van der Waals surface area (Å²) in [5.74, 6) is 0.164. The van der Waals surface area contributed by atoms with Gasteiger partial charge in [-0.05, 0) is 39.4 Å². The molecule has 110 valence electrons. The minimum absolute atomic E-state index is 0. The number of hydrogen-bond donors (Lipinski definition) is 2. The van der Waals surface area contributed by atoms with Gasteiger partial charge in [-0.3, -0.25) is 4.79 Å². The predicted molar refractivity (Wildman–Crippen MR) is 80.9 cm³/mol. The normalized spacial score (nSPS) is 19.9. The molecule has 18 heavy (non-hydrogen) atoms. The van der Waals surface area contributed by atoms with Crippen molar-refractivity contribution in [2.24, 2.45) is 0 Å². The van der Waals surface area contributed by atoms with Crippen molar-refractivity contribution >= 4 is 30.7 Å². The molecule has 1 unspecified atom stereocenters. The fourth-order valence-electron chi connectivity index (χ4n) is 2.17. The van der Waals surface area contributed by atoms with Crippen LogP contribution in [0.25, 0.3) is 0 Å². The molecular weight excluding hydrogens is 273 g/mol. The summed E-state index contributed by atoms with van der Waals surface area (Å²) < 4.78 is 0. The molecule has 0 aliphatic carbocycles. The molecule has 1 aliphatic heterocycles. The Morgan fingerprint density at radius 2 is 2.00 bits per heavy atom. The summed E-state index contributed by atoms with van der Waals surface area (Å²) in [6, 6.07) is 0.272. The molecule has 6 heteroatoms. The maximum absolute atomic E-state index is 11.8. The zero-order valence-electron chi connectivity index (χ0n) is 11.6. The number of carbonyl (C=O) groups excluding carboxylic acids is 1. The summed E-state index contributed by atoms with van der Waals surface area (Å²) in [5, 5.41) is 6.30. The average Bonchev–Trinajstić information content (AvgIpc) is 2.79. The van der Waals surface area contributed by atoms with E-state index in [1.54, 1.807) is 0 Å². The smallest absolute Gasteiger partial charge is 0.237 e. The van der Waals surface area contributed by atoms with Crippen molar-refractivity contribution < 1.29 is 4.79 Å². The lowest BCUT2D eigenvalue weighted by Crippen LogP contribution is -2.48. The summed E-state index contributed by atoms with van der Waals surface area (Å²) in [5.41, 5.74) is 0. The van der Waals surface area contributed by atoms with E-state index in [0.717, 1.165) is 39.0 Å². The highest BCUT2D eigenvalue weighted by Crippen LogP contribution is 2.05. The van der Waals surface area contributed by atoms with Crippen LogP contribution < -0.4 is 10.6 Å². The van der Waals surface area contributed by atoms with Crippen LogP contribution in [0.1, 0.15) is 33.6 Å². The van der Waals surface area contributed by atoms with E-state index in [9.17, 15) is 4.79 Å². The molecule has 1 fully saturated rings. The van der Waals surface area contributed by atoms with Gasteiger partial charge in [0.15, 0.2) is 0 Å². The molecule has 0 aromatic rings. The van der Waals surface area contributed by atoms with Crippen LogP contribution in [0.15, 0.2) is 0 Å². The van der Waals surface area contributed by atoms with Gasteiger partial charge < -0.3 is 15.5 Å². The molecule has 0 bridgehead atoms. The summed E-state index contributed by atoms with van der Waals surface area (Å²) in [6.07, 6.45) is 2.09. The second kappa shape index (κ2) is 10.9. The molecule has 0 aromatic heterocycles. The molecule has 2 atom stereocenters. The van der Waals surface area contributed by atoms with Gasteiger partial charge in [-0.1, -0.05) is 13.8 Å². The first-order valence-electron chi connectivity index (χ1n) is 6.43. The fourth-order valence-corrected chi connectivity index (χ4v) is 2.17. The Morgan fingerprint density at radius 3 is 2.44 bits per heavy atom. The van der Waals surface area contributed by atoms with Crippen LogP contribution in [0.2, 0.25) is 0 Å². The fraction of sp³-hybridized carbons (Fsp3) is 0.917. The maximum atomic E-state index is 11.8. The van der Waals surface area contributed by atoms with E-state index < -0.39 is 0 Å². The van der Waals surface area contributed by atoms with Crippen molar-refractivity contribution in [2.75, 3.05) is 26.2 Å². The first kappa shape index (κ1) is 20.3. The van der Waals surface area contributed by atoms with Crippen LogP contribution >= 0.6 is 24.8 Å². The van der Waals surface area contributed by atoms with Crippen LogP contribution in [-0.4, -0.2) is 49.1 Å². The monoisotopic (exact) mass is 299 g/mol. The molecular formula is C12H27Cl2N3O. The number of nitrogens with one attached hydrogen (secondary N) is 2. The Kier molecular flexibility index (Phi) is 12.2. The first-order valence-corrected chi connectivity index (χ1v) is 6.43. The highest BCUT2D eigenvalue weighted by molar-refractivity contribution is 5.85. The zero-order chi connectivity index (χ0) is 12.0. The molecule has 4 nitrogen and oxygen atoms in total. The molecule has 1 rings (SSSR count). The topological polar surface area (TPSA) is 44.4 Å². The van der Waals surface area contributed by atoms with Gasteiger partial charge in [0, 0.05) is 12.6 Å². The van der Waals surface area contributed by atoms with Crippen molar-refractivity contribution in [3.8, 4) is 0 Å². The third-order valence-corrected chi connectivity index (χ3v) is 3.19. The third-order valence-electron chi connectivity index (χ3n) is 3.19. The highest BCUT2D eigenvalue weighted by atomic mass is 35.5. The molecule has 0 aromatic carbocycles. The van der Waals surface area contributed by atoms with E-state index >= 15 is 0 Å². The minimum Gasteiger partial charge on any atom is -0.351 e. The second-order valence-electron chi connectivity index (χ2n) is 4.54. The maximum Gasteiger partial charge on any atom is 0.237 e.